The molecule has 0 aromatic heterocycles. The molecule has 0 aromatic rings. The van der Waals surface area contributed by atoms with Crippen molar-refractivity contribution in [2.24, 2.45) is 0 Å². The fourth-order valence-electron chi connectivity index (χ4n) is 6.58. The number of aliphatic hydroxyl groups is 4. The number of esters is 2. The summed E-state index contributed by atoms with van der Waals surface area (Å²) in [4.78, 5) is 25.3. The highest BCUT2D eigenvalue weighted by Crippen LogP contribution is 2.22. The summed E-state index contributed by atoms with van der Waals surface area (Å²) in [5, 5.41) is 40.1. The summed E-state index contributed by atoms with van der Waals surface area (Å²) < 4.78 is 22.1. The third-order valence-electron chi connectivity index (χ3n) is 10.4. The van der Waals surface area contributed by atoms with E-state index in [2.05, 4.69) is 98.9 Å². The Balaban J connectivity index is 2.40. The van der Waals surface area contributed by atoms with E-state index < -0.39 is 55.4 Å². The molecular weight excluding hydrogens is 797 g/mol. The lowest BCUT2D eigenvalue weighted by molar-refractivity contribution is -0.305. The Morgan fingerprint density at radius 1 is 0.492 bits per heavy atom. The van der Waals surface area contributed by atoms with Gasteiger partial charge in [0.2, 0.25) is 0 Å². The second kappa shape index (κ2) is 42.6. The molecule has 1 heterocycles. The molecule has 10 heteroatoms. The van der Waals surface area contributed by atoms with Crippen LogP contribution in [-0.2, 0) is 28.5 Å². The lowest BCUT2D eigenvalue weighted by Crippen LogP contribution is -2.59. The average molecular weight is 883 g/mol. The molecule has 2 unspecified atom stereocenters. The van der Waals surface area contributed by atoms with E-state index in [9.17, 15) is 30.0 Å². The van der Waals surface area contributed by atoms with Gasteiger partial charge in [0.05, 0.1) is 13.2 Å². The minimum absolute atomic E-state index is 0.137. The van der Waals surface area contributed by atoms with Crippen LogP contribution in [0.4, 0.5) is 0 Å². The van der Waals surface area contributed by atoms with Crippen molar-refractivity contribution in [1.82, 2.24) is 0 Å². The van der Waals surface area contributed by atoms with Gasteiger partial charge in [-0.2, -0.15) is 0 Å². The van der Waals surface area contributed by atoms with Crippen molar-refractivity contribution in [2.75, 3.05) is 19.8 Å². The van der Waals surface area contributed by atoms with E-state index >= 15 is 0 Å². The summed E-state index contributed by atoms with van der Waals surface area (Å²) in [6, 6.07) is 0. The van der Waals surface area contributed by atoms with Gasteiger partial charge < -0.3 is 39.4 Å². The number of aliphatic hydroxyl groups excluding tert-OH is 4. The van der Waals surface area contributed by atoms with Crippen molar-refractivity contribution >= 4 is 11.9 Å². The average Bonchev–Trinajstić information content (AvgIpc) is 3.28. The first-order valence-corrected chi connectivity index (χ1v) is 24.3. The summed E-state index contributed by atoms with van der Waals surface area (Å²) in [5.74, 6) is -0.946. The zero-order valence-corrected chi connectivity index (χ0v) is 39.0. The highest BCUT2D eigenvalue weighted by Gasteiger charge is 2.44. The van der Waals surface area contributed by atoms with Gasteiger partial charge in [-0.05, 0) is 89.9 Å². The lowest BCUT2D eigenvalue weighted by atomic mass is 9.99. The Labute approximate surface area is 381 Å². The van der Waals surface area contributed by atoms with Crippen LogP contribution in [-0.4, -0.2) is 89.0 Å². The summed E-state index contributed by atoms with van der Waals surface area (Å²) in [6.07, 6.45) is 50.0. The predicted octanol–water partition coefficient (Wildman–Crippen LogP) is 11.1. The zero-order valence-electron chi connectivity index (χ0n) is 39.0. The molecule has 4 N–H and O–H groups in total. The van der Waals surface area contributed by atoms with Crippen LogP contribution in [0.2, 0.25) is 0 Å². The standard InChI is InChI=1S/C53H86O10/c1-3-5-7-9-11-13-15-17-19-21-22-23-24-26-28-30-32-34-36-38-40-42-49(56)62-46(45-61-53-52(59)51(58)50(57)47(43-54)63-53)44-60-48(55)41-39-37-35-33-31-29-27-25-20-18-16-14-12-10-8-6-4-2/h12,14,18-21,23-24,27-30,33-36,46-47,50-54,57-59H,3-11,13,15-17,22,25-26,31-32,37-45H2,1-2H3/b14-12+,20-18+,21-19+,24-23+,29-27+,30-28+,35-33+,36-34+/t46-,47-,50+,51?,52?,53-/m1/s1. The fourth-order valence-corrected chi connectivity index (χ4v) is 6.58. The maximum atomic E-state index is 12.8. The number of rotatable bonds is 39. The number of carbonyl (C=O) groups excluding carboxylic acids is 2. The molecule has 1 fully saturated rings. The Morgan fingerprint density at radius 2 is 0.889 bits per heavy atom. The normalized spacial score (nSPS) is 20.4. The van der Waals surface area contributed by atoms with E-state index in [-0.39, 0.29) is 26.1 Å². The summed E-state index contributed by atoms with van der Waals surface area (Å²) >= 11 is 0. The first-order chi connectivity index (χ1) is 30.8. The molecule has 63 heavy (non-hydrogen) atoms. The largest absolute Gasteiger partial charge is 0.462 e. The van der Waals surface area contributed by atoms with Crippen molar-refractivity contribution in [2.45, 2.75) is 205 Å². The van der Waals surface area contributed by atoms with E-state index in [1.54, 1.807) is 0 Å². The minimum atomic E-state index is -1.62. The Morgan fingerprint density at radius 3 is 1.37 bits per heavy atom. The Kier molecular flexibility index (Phi) is 38.9. The van der Waals surface area contributed by atoms with Gasteiger partial charge in [0.1, 0.15) is 31.0 Å². The van der Waals surface area contributed by atoms with Gasteiger partial charge in [-0.3, -0.25) is 9.59 Å². The molecule has 0 spiro atoms. The van der Waals surface area contributed by atoms with E-state index in [0.29, 0.717) is 25.7 Å². The summed E-state index contributed by atoms with van der Waals surface area (Å²) in [5.41, 5.74) is 0. The predicted molar refractivity (Wildman–Crippen MR) is 256 cm³/mol. The molecule has 1 saturated heterocycles. The molecule has 0 amide bonds. The lowest BCUT2D eigenvalue weighted by Gasteiger charge is -2.39. The Hall–Kier alpha value is -3.38. The molecule has 0 aromatic carbocycles. The molecule has 1 aliphatic rings. The number of allylic oxidation sites excluding steroid dienone is 16. The number of unbranched alkanes of at least 4 members (excludes halogenated alkanes) is 12. The second-order valence-electron chi connectivity index (χ2n) is 16.2. The van der Waals surface area contributed by atoms with E-state index in [0.717, 1.165) is 44.9 Å². The minimum Gasteiger partial charge on any atom is -0.462 e. The maximum Gasteiger partial charge on any atom is 0.306 e. The zero-order chi connectivity index (χ0) is 45.9. The van der Waals surface area contributed by atoms with Crippen LogP contribution in [0.25, 0.3) is 0 Å². The highest BCUT2D eigenvalue weighted by molar-refractivity contribution is 5.70. The van der Waals surface area contributed by atoms with Gasteiger partial charge in [-0.15, -0.1) is 0 Å². The molecule has 0 aliphatic carbocycles. The van der Waals surface area contributed by atoms with E-state index in [1.165, 1.54) is 70.6 Å². The van der Waals surface area contributed by atoms with Crippen molar-refractivity contribution in [1.29, 1.82) is 0 Å². The third kappa shape index (κ3) is 33.8. The third-order valence-corrected chi connectivity index (χ3v) is 10.4. The van der Waals surface area contributed by atoms with Gasteiger partial charge in [-0.25, -0.2) is 0 Å². The van der Waals surface area contributed by atoms with Crippen LogP contribution in [0.5, 0.6) is 0 Å². The highest BCUT2D eigenvalue weighted by atomic mass is 16.7. The molecule has 358 valence electrons. The monoisotopic (exact) mass is 883 g/mol. The van der Waals surface area contributed by atoms with Gasteiger partial charge in [-0.1, -0.05) is 162 Å². The Bertz CT molecular complexity index is 1340. The molecule has 0 saturated carbocycles. The number of hydrogen-bond acceptors (Lipinski definition) is 10. The van der Waals surface area contributed by atoms with Crippen molar-refractivity contribution in [3.8, 4) is 0 Å². The van der Waals surface area contributed by atoms with Crippen LogP contribution in [0.1, 0.15) is 168 Å². The van der Waals surface area contributed by atoms with Crippen LogP contribution >= 0.6 is 0 Å². The summed E-state index contributed by atoms with van der Waals surface area (Å²) in [7, 11) is 0. The van der Waals surface area contributed by atoms with Crippen LogP contribution in [0, 0.1) is 0 Å². The number of carbonyl (C=O) groups is 2. The first-order valence-electron chi connectivity index (χ1n) is 24.3. The fraction of sp³-hybridized carbons (Fsp3) is 0.660. The van der Waals surface area contributed by atoms with Crippen LogP contribution in [0.15, 0.2) is 97.2 Å². The molecule has 10 nitrogen and oxygen atoms in total. The van der Waals surface area contributed by atoms with Crippen molar-refractivity contribution in [3.63, 3.8) is 0 Å². The quantitative estimate of drug-likeness (QED) is 0.0267. The van der Waals surface area contributed by atoms with Gasteiger partial charge in [0.25, 0.3) is 0 Å². The van der Waals surface area contributed by atoms with Gasteiger partial charge in [0.15, 0.2) is 12.4 Å². The van der Waals surface area contributed by atoms with Crippen LogP contribution < -0.4 is 0 Å². The van der Waals surface area contributed by atoms with Crippen molar-refractivity contribution < 1.29 is 49.0 Å². The van der Waals surface area contributed by atoms with Gasteiger partial charge in [0, 0.05) is 12.8 Å². The molecule has 1 rings (SSSR count). The molecule has 6 atom stereocenters. The van der Waals surface area contributed by atoms with Crippen molar-refractivity contribution in [3.05, 3.63) is 97.2 Å². The second-order valence-corrected chi connectivity index (χ2v) is 16.2. The topological polar surface area (TPSA) is 152 Å². The molecule has 1 aliphatic heterocycles. The number of hydrogen-bond donors (Lipinski definition) is 4. The first kappa shape index (κ1) is 57.6. The maximum absolute atomic E-state index is 12.8. The van der Waals surface area contributed by atoms with Crippen LogP contribution in [0.3, 0.4) is 0 Å². The molecule has 0 radical (unpaired) electrons. The van der Waals surface area contributed by atoms with E-state index in [1.807, 2.05) is 12.2 Å². The summed E-state index contributed by atoms with van der Waals surface area (Å²) in [6.45, 7) is 3.27. The van der Waals surface area contributed by atoms with Gasteiger partial charge >= 0.3 is 11.9 Å². The molecule has 0 bridgehead atoms. The SMILES string of the molecule is CCCCC/C=C/C/C=C/C/C=C/C/C=C/CCCC(=O)OC[C@H](CO[C@@H]1O[C@H](CO)[C@H](O)C(O)C1O)OC(=O)CCC/C=C/C/C=C/C/C=C/C/C=C/CCCCCCCCC. The van der Waals surface area contributed by atoms with E-state index in [4.69, 9.17) is 18.9 Å². The number of ether oxygens (including phenoxy) is 4. The molecular formula is C53H86O10. The smallest absolute Gasteiger partial charge is 0.306 e.